The fourth-order valence-electron chi connectivity index (χ4n) is 1.51. The number of nitrogens with one attached hydrogen (secondary N) is 1. The second kappa shape index (κ2) is 2.57. The van der Waals surface area contributed by atoms with Crippen LogP contribution in [0.1, 0.15) is 19.3 Å². The summed E-state index contributed by atoms with van der Waals surface area (Å²) in [7, 11) is 0. The van der Waals surface area contributed by atoms with Crippen LogP contribution >= 0.6 is 11.8 Å². The van der Waals surface area contributed by atoms with E-state index in [1.54, 1.807) is 11.8 Å². The highest BCUT2D eigenvalue weighted by molar-refractivity contribution is 8.06. The maximum absolute atomic E-state index is 5.83. The zero-order chi connectivity index (χ0) is 7.84. The van der Waals surface area contributed by atoms with Crippen LogP contribution in [-0.2, 0) is 0 Å². The summed E-state index contributed by atoms with van der Waals surface area (Å²) in [6, 6.07) is 0.369. The topological polar surface area (TPSA) is 38.0 Å². The van der Waals surface area contributed by atoms with Crippen molar-refractivity contribution in [2.75, 3.05) is 0 Å². The Morgan fingerprint density at radius 3 is 3.27 bits per heavy atom. The second-order valence-electron chi connectivity index (χ2n) is 3.05. The molecular formula is C8H12N2S. The van der Waals surface area contributed by atoms with Gasteiger partial charge >= 0.3 is 0 Å². The first kappa shape index (κ1) is 7.25. The standard InChI is InChI=1S/C8H12N2S/c1-5-10-7-3-2-6(9)4-8(7)11-5/h6,10H,1-4,9H2. The average molecular weight is 168 g/mol. The summed E-state index contributed by atoms with van der Waals surface area (Å²) in [5, 5.41) is 4.33. The lowest BCUT2D eigenvalue weighted by molar-refractivity contribution is 0.574. The lowest BCUT2D eigenvalue weighted by Gasteiger charge is -2.18. The Bertz CT molecular complexity index is 232. The largest absolute Gasteiger partial charge is 0.353 e. The second-order valence-corrected chi connectivity index (χ2v) is 4.24. The normalized spacial score (nSPS) is 30.3. The minimum Gasteiger partial charge on any atom is -0.353 e. The SMILES string of the molecule is C=C1NC2=C(CC(N)CC2)S1. The highest BCUT2D eigenvalue weighted by Gasteiger charge is 2.24. The molecule has 0 bridgehead atoms. The lowest BCUT2D eigenvalue weighted by Crippen LogP contribution is -2.24. The summed E-state index contributed by atoms with van der Waals surface area (Å²) in [5.41, 5.74) is 7.19. The predicted molar refractivity (Wildman–Crippen MR) is 48.7 cm³/mol. The van der Waals surface area contributed by atoms with Gasteiger partial charge in [0.25, 0.3) is 0 Å². The Kier molecular flexibility index (Phi) is 1.69. The Labute approximate surface area is 70.9 Å². The molecule has 1 aliphatic heterocycles. The van der Waals surface area contributed by atoms with Gasteiger partial charge in [-0.15, -0.1) is 0 Å². The molecule has 0 fully saturated rings. The first-order valence-corrected chi connectivity index (χ1v) is 4.69. The molecule has 0 amide bonds. The van der Waals surface area contributed by atoms with Crippen LogP contribution in [0.5, 0.6) is 0 Å². The van der Waals surface area contributed by atoms with Gasteiger partial charge in [-0.05, 0) is 19.3 Å². The highest BCUT2D eigenvalue weighted by atomic mass is 32.2. The molecule has 3 N–H and O–H groups in total. The Morgan fingerprint density at radius 1 is 1.64 bits per heavy atom. The summed E-state index contributed by atoms with van der Waals surface area (Å²) >= 11 is 1.75. The van der Waals surface area contributed by atoms with Gasteiger partial charge in [0.2, 0.25) is 0 Å². The van der Waals surface area contributed by atoms with Gasteiger partial charge in [0, 0.05) is 16.6 Å². The quantitative estimate of drug-likeness (QED) is 0.576. The van der Waals surface area contributed by atoms with Crippen molar-refractivity contribution in [1.29, 1.82) is 0 Å². The molecule has 0 saturated heterocycles. The van der Waals surface area contributed by atoms with Crippen molar-refractivity contribution in [2.24, 2.45) is 5.73 Å². The molecule has 11 heavy (non-hydrogen) atoms. The van der Waals surface area contributed by atoms with Crippen molar-refractivity contribution >= 4 is 11.8 Å². The van der Waals surface area contributed by atoms with Crippen LogP contribution in [-0.4, -0.2) is 6.04 Å². The van der Waals surface area contributed by atoms with E-state index in [9.17, 15) is 0 Å². The van der Waals surface area contributed by atoms with E-state index in [0.29, 0.717) is 6.04 Å². The van der Waals surface area contributed by atoms with E-state index in [1.165, 1.54) is 10.6 Å². The molecule has 0 aromatic carbocycles. The zero-order valence-corrected chi connectivity index (χ0v) is 7.21. The van der Waals surface area contributed by atoms with Crippen LogP contribution < -0.4 is 11.1 Å². The number of thioether (sulfide) groups is 1. The molecule has 1 heterocycles. The number of rotatable bonds is 0. The summed E-state index contributed by atoms with van der Waals surface area (Å²) in [4.78, 5) is 1.41. The van der Waals surface area contributed by atoms with E-state index in [0.717, 1.165) is 24.3 Å². The Hall–Kier alpha value is -0.410. The van der Waals surface area contributed by atoms with E-state index in [4.69, 9.17) is 5.73 Å². The Balaban J connectivity index is 2.16. The van der Waals surface area contributed by atoms with E-state index in [1.807, 2.05) is 0 Å². The fraction of sp³-hybridized carbons (Fsp3) is 0.500. The van der Waals surface area contributed by atoms with Crippen LogP contribution in [0.3, 0.4) is 0 Å². The Morgan fingerprint density at radius 2 is 2.45 bits per heavy atom. The van der Waals surface area contributed by atoms with E-state index >= 15 is 0 Å². The molecule has 2 rings (SSSR count). The van der Waals surface area contributed by atoms with Gasteiger partial charge in [0.05, 0.1) is 5.03 Å². The summed E-state index contributed by atoms with van der Waals surface area (Å²) in [6.07, 6.45) is 3.24. The molecule has 2 nitrogen and oxygen atoms in total. The molecular weight excluding hydrogens is 156 g/mol. The van der Waals surface area contributed by atoms with Gasteiger partial charge < -0.3 is 11.1 Å². The third-order valence-electron chi connectivity index (χ3n) is 2.09. The molecule has 0 aromatic rings. The number of hydrogen-bond donors (Lipinski definition) is 2. The van der Waals surface area contributed by atoms with Crippen molar-refractivity contribution in [3.8, 4) is 0 Å². The monoisotopic (exact) mass is 168 g/mol. The maximum Gasteiger partial charge on any atom is 0.0696 e. The average Bonchev–Trinajstić information content (AvgIpc) is 2.27. The highest BCUT2D eigenvalue weighted by Crippen LogP contribution is 2.39. The van der Waals surface area contributed by atoms with Crippen LogP contribution in [0.4, 0.5) is 0 Å². The minimum atomic E-state index is 0.369. The maximum atomic E-state index is 5.83. The van der Waals surface area contributed by atoms with Gasteiger partial charge in [-0.25, -0.2) is 0 Å². The van der Waals surface area contributed by atoms with Crippen LogP contribution in [0.15, 0.2) is 22.2 Å². The van der Waals surface area contributed by atoms with E-state index in [-0.39, 0.29) is 0 Å². The van der Waals surface area contributed by atoms with Crippen LogP contribution in [0.2, 0.25) is 0 Å². The number of hydrogen-bond acceptors (Lipinski definition) is 3. The third kappa shape index (κ3) is 1.30. The fourth-order valence-corrected chi connectivity index (χ4v) is 2.56. The van der Waals surface area contributed by atoms with Gasteiger partial charge in [-0.3, -0.25) is 0 Å². The van der Waals surface area contributed by atoms with Crippen molar-refractivity contribution in [3.63, 3.8) is 0 Å². The molecule has 3 heteroatoms. The minimum absolute atomic E-state index is 0.369. The molecule has 1 unspecified atom stereocenters. The van der Waals surface area contributed by atoms with Crippen LogP contribution in [0, 0.1) is 0 Å². The first-order valence-electron chi connectivity index (χ1n) is 3.87. The summed E-state index contributed by atoms with van der Waals surface area (Å²) < 4.78 is 0. The van der Waals surface area contributed by atoms with Gasteiger partial charge in [-0.2, -0.15) is 0 Å². The summed E-state index contributed by atoms with van der Waals surface area (Å²) in [6.45, 7) is 3.87. The molecule has 2 aliphatic rings. The van der Waals surface area contributed by atoms with E-state index in [2.05, 4.69) is 11.9 Å². The smallest absolute Gasteiger partial charge is 0.0696 e. The predicted octanol–water partition coefficient (Wildman–Crippen LogP) is 1.52. The van der Waals surface area contributed by atoms with Crippen LogP contribution in [0.25, 0.3) is 0 Å². The lowest BCUT2D eigenvalue weighted by atomic mass is 10.00. The van der Waals surface area contributed by atoms with Gasteiger partial charge in [0.1, 0.15) is 0 Å². The first-order chi connectivity index (χ1) is 5.25. The van der Waals surface area contributed by atoms with Crippen molar-refractivity contribution in [2.45, 2.75) is 25.3 Å². The molecule has 0 spiro atoms. The molecule has 1 aliphatic carbocycles. The molecule has 60 valence electrons. The summed E-state index contributed by atoms with van der Waals surface area (Å²) in [5.74, 6) is 0. The van der Waals surface area contributed by atoms with Gasteiger partial charge in [-0.1, -0.05) is 18.3 Å². The third-order valence-corrected chi connectivity index (χ3v) is 3.09. The van der Waals surface area contributed by atoms with E-state index < -0.39 is 0 Å². The number of allylic oxidation sites excluding steroid dienone is 1. The van der Waals surface area contributed by atoms with Gasteiger partial charge in [0.15, 0.2) is 0 Å². The molecule has 1 atom stereocenters. The van der Waals surface area contributed by atoms with Crippen molar-refractivity contribution < 1.29 is 0 Å². The molecule has 0 saturated carbocycles. The molecule has 0 radical (unpaired) electrons. The van der Waals surface area contributed by atoms with Crippen molar-refractivity contribution in [1.82, 2.24) is 5.32 Å². The zero-order valence-electron chi connectivity index (χ0n) is 6.39. The molecule has 0 aromatic heterocycles. The number of nitrogens with two attached hydrogens (primary N) is 1. The van der Waals surface area contributed by atoms with Crippen molar-refractivity contribution in [3.05, 3.63) is 22.2 Å².